The third-order valence-electron chi connectivity index (χ3n) is 3.48. The van der Waals surface area contributed by atoms with Crippen LogP contribution in [0.2, 0.25) is 0 Å². The Hall–Kier alpha value is -0.0800. The topological polar surface area (TPSA) is 15.3 Å². The highest BCUT2D eigenvalue weighted by Gasteiger charge is 2.27. The number of rotatable bonds is 5. The quantitative estimate of drug-likeness (QED) is 0.729. The predicted octanol–water partition coefficient (Wildman–Crippen LogP) is 2.25. The summed E-state index contributed by atoms with van der Waals surface area (Å²) in [5.74, 6) is 0. The molecule has 0 aromatic heterocycles. The molecule has 1 saturated carbocycles. The van der Waals surface area contributed by atoms with Gasteiger partial charge in [0.2, 0.25) is 0 Å². The van der Waals surface area contributed by atoms with Crippen molar-refractivity contribution in [3.63, 3.8) is 0 Å². The summed E-state index contributed by atoms with van der Waals surface area (Å²) in [5.41, 5.74) is 0. The molecular weight excluding hydrogens is 172 g/mol. The maximum Gasteiger partial charge on any atom is 0.0249 e. The molecule has 84 valence electrons. The fourth-order valence-corrected chi connectivity index (χ4v) is 2.74. The van der Waals surface area contributed by atoms with E-state index in [-0.39, 0.29) is 0 Å². The van der Waals surface area contributed by atoms with E-state index in [2.05, 4.69) is 31.0 Å². The van der Waals surface area contributed by atoms with Gasteiger partial charge in [0.15, 0.2) is 0 Å². The highest BCUT2D eigenvalue weighted by Crippen LogP contribution is 2.22. The Morgan fingerprint density at radius 2 is 1.71 bits per heavy atom. The molecule has 0 saturated heterocycles. The molecule has 2 nitrogen and oxygen atoms in total. The van der Waals surface area contributed by atoms with Crippen LogP contribution >= 0.6 is 0 Å². The monoisotopic (exact) mass is 198 g/mol. The van der Waals surface area contributed by atoms with Crippen LogP contribution in [0.4, 0.5) is 0 Å². The van der Waals surface area contributed by atoms with Crippen LogP contribution in [-0.4, -0.2) is 36.6 Å². The maximum atomic E-state index is 3.64. The van der Waals surface area contributed by atoms with E-state index in [9.17, 15) is 0 Å². The Bertz CT molecular complexity index is 141. The first-order valence-corrected chi connectivity index (χ1v) is 6.30. The molecule has 1 aliphatic carbocycles. The average Bonchev–Trinajstić information content (AvgIpc) is 2.23. The van der Waals surface area contributed by atoms with E-state index in [1.54, 1.807) is 0 Å². The summed E-state index contributed by atoms with van der Waals surface area (Å²) < 4.78 is 0. The summed E-state index contributed by atoms with van der Waals surface area (Å²) in [7, 11) is 0. The predicted molar refractivity (Wildman–Crippen MR) is 62.6 cm³/mol. The lowest BCUT2D eigenvalue weighted by Gasteiger charge is -2.39. The molecule has 0 radical (unpaired) electrons. The van der Waals surface area contributed by atoms with E-state index in [4.69, 9.17) is 0 Å². The number of likely N-dealkylation sites (N-methyl/N-ethyl adjacent to an activating group) is 2. The highest BCUT2D eigenvalue weighted by atomic mass is 15.2. The van der Waals surface area contributed by atoms with E-state index in [0.717, 1.165) is 18.6 Å². The first kappa shape index (κ1) is 12.0. The standard InChI is InChI=1S/C12H26N2/c1-4-13-11-9-7-8-10-12(11)14(5-2)6-3/h11-13H,4-10H2,1-3H3. The fourth-order valence-electron chi connectivity index (χ4n) is 2.74. The van der Waals surface area contributed by atoms with Gasteiger partial charge in [-0.15, -0.1) is 0 Å². The SMILES string of the molecule is CCNC1CCCCC1N(CC)CC. The normalized spacial score (nSPS) is 28.3. The minimum atomic E-state index is 0.744. The molecule has 1 rings (SSSR count). The average molecular weight is 198 g/mol. The number of nitrogens with zero attached hydrogens (tertiary/aromatic N) is 1. The molecule has 2 heteroatoms. The molecule has 2 unspecified atom stereocenters. The van der Waals surface area contributed by atoms with E-state index in [0.29, 0.717) is 0 Å². The van der Waals surface area contributed by atoms with Crippen LogP contribution in [0, 0.1) is 0 Å². The Labute approximate surface area is 89.1 Å². The van der Waals surface area contributed by atoms with Crippen molar-refractivity contribution < 1.29 is 0 Å². The minimum Gasteiger partial charge on any atom is -0.313 e. The van der Waals surface area contributed by atoms with Crippen LogP contribution in [-0.2, 0) is 0 Å². The maximum absolute atomic E-state index is 3.64. The second-order valence-corrected chi connectivity index (χ2v) is 4.24. The van der Waals surface area contributed by atoms with Crippen molar-refractivity contribution in [1.29, 1.82) is 0 Å². The minimum absolute atomic E-state index is 0.744. The molecule has 14 heavy (non-hydrogen) atoms. The lowest BCUT2D eigenvalue weighted by Crippen LogP contribution is -2.51. The number of hydrogen-bond acceptors (Lipinski definition) is 2. The van der Waals surface area contributed by atoms with Gasteiger partial charge in [0.25, 0.3) is 0 Å². The van der Waals surface area contributed by atoms with E-state index in [1.807, 2.05) is 0 Å². The molecule has 1 fully saturated rings. The van der Waals surface area contributed by atoms with Crippen molar-refractivity contribution in [2.45, 2.75) is 58.5 Å². The van der Waals surface area contributed by atoms with Crippen LogP contribution in [0.25, 0.3) is 0 Å². The molecule has 1 aliphatic rings. The van der Waals surface area contributed by atoms with Gasteiger partial charge in [-0.25, -0.2) is 0 Å². The van der Waals surface area contributed by atoms with Crippen LogP contribution in [0.5, 0.6) is 0 Å². The largest absolute Gasteiger partial charge is 0.313 e. The van der Waals surface area contributed by atoms with Gasteiger partial charge < -0.3 is 5.32 Å². The highest BCUT2D eigenvalue weighted by molar-refractivity contribution is 4.87. The van der Waals surface area contributed by atoms with E-state index >= 15 is 0 Å². The number of hydrogen-bond donors (Lipinski definition) is 1. The van der Waals surface area contributed by atoms with E-state index < -0.39 is 0 Å². The summed E-state index contributed by atoms with van der Waals surface area (Å²) in [6.07, 6.45) is 5.59. The first-order valence-electron chi connectivity index (χ1n) is 6.30. The molecule has 0 amide bonds. The van der Waals surface area contributed by atoms with Crippen molar-refractivity contribution in [3.8, 4) is 0 Å². The van der Waals surface area contributed by atoms with Gasteiger partial charge in [0, 0.05) is 12.1 Å². The fraction of sp³-hybridized carbons (Fsp3) is 1.00. The van der Waals surface area contributed by atoms with Crippen molar-refractivity contribution in [1.82, 2.24) is 10.2 Å². The zero-order valence-corrected chi connectivity index (χ0v) is 10.1. The molecule has 0 spiro atoms. The smallest absolute Gasteiger partial charge is 0.0249 e. The molecule has 0 bridgehead atoms. The van der Waals surface area contributed by atoms with Gasteiger partial charge in [-0.05, 0) is 32.5 Å². The third kappa shape index (κ3) is 2.96. The summed E-state index contributed by atoms with van der Waals surface area (Å²) in [5, 5.41) is 3.64. The Balaban J connectivity index is 2.51. The Morgan fingerprint density at radius 3 is 2.29 bits per heavy atom. The van der Waals surface area contributed by atoms with Gasteiger partial charge in [-0.1, -0.05) is 33.6 Å². The van der Waals surface area contributed by atoms with Crippen LogP contribution in [0.1, 0.15) is 46.5 Å². The van der Waals surface area contributed by atoms with Crippen molar-refractivity contribution >= 4 is 0 Å². The Morgan fingerprint density at radius 1 is 1.07 bits per heavy atom. The molecular formula is C12H26N2. The lowest BCUT2D eigenvalue weighted by molar-refractivity contribution is 0.134. The van der Waals surface area contributed by atoms with Crippen molar-refractivity contribution in [3.05, 3.63) is 0 Å². The third-order valence-corrected chi connectivity index (χ3v) is 3.48. The summed E-state index contributed by atoms with van der Waals surface area (Å²) in [6, 6.07) is 1.53. The summed E-state index contributed by atoms with van der Waals surface area (Å²) >= 11 is 0. The molecule has 0 aromatic carbocycles. The first-order chi connectivity index (χ1) is 6.83. The zero-order valence-electron chi connectivity index (χ0n) is 10.1. The van der Waals surface area contributed by atoms with Crippen LogP contribution < -0.4 is 5.32 Å². The second-order valence-electron chi connectivity index (χ2n) is 4.24. The van der Waals surface area contributed by atoms with Gasteiger partial charge in [0.1, 0.15) is 0 Å². The Kier molecular flexibility index (Phi) is 5.49. The van der Waals surface area contributed by atoms with Gasteiger partial charge in [-0.3, -0.25) is 4.90 Å². The molecule has 0 aliphatic heterocycles. The number of nitrogens with one attached hydrogen (secondary N) is 1. The van der Waals surface area contributed by atoms with Crippen molar-refractivity contribution in [2.24, 2.45) is 0 Å². The van der Waals surface area contributed by atoms with Crippen molar-refractivity contribution in [2.75, 3.05) is 19.6 Å². The molecule has 0 heterocycles. The summed E-state index contributed by atoms with van der Waals surface area (Å²) in [6.45, 7) is 10.3. The molecule has 1 N–H and O–H groups in total. The van der Waals surface area contributed by atoms with Crippen LogP contribution in [0.3, 0.4) is 0 Å². The lowest BCUT2D eigenvalue weighted by atomic mass is 9.89. The summed E-state index contributed by atoms with van der Waals surface area (Å²) in [4.78, 5) is 2.62. The van der Waals surface area contributed by atoms with Gasteiger partial charge in [0.05, 0.1) is 0 Å². The van der Waals surface area contributed by atoms with E-state index in [1.165, 1.54) is 38.8 Å². The van der Waals surface area contributed by atoms with Crippen LogP contribution in [0.15, 0.2) is 0 Å². The molecule has 2 atom stereocenters. The zero-order chi connectivity index (χ0) is 10.4. The van der Waals surface area contributed by atoms with Gasteiger partial charge in [-0.2, -0.15) is 0 Å². The molecule has 0 aromatic rings. The second kappa shape index (κ2) is 6.41. The van der Waals surface area contributed by atoms with Gasteiger partial charge >= 0.3 is 0 Å².